The molecule has 0 fully saturated rings. The first kappa shape index (κ1) is 28.0. The van der Waals surface area contributed by atoms with E-state index >= 15 is 0 Å². The van der Waals surface area contributed by atoms with Crippen molar-refractivity contribution in [1.82, 2.24) is 9.13 Å². The lowest BCUT2D eigenvalue weighted by molar-refractivity contribution is -0.743. The van der Waals surface area contributed by atoms with Gasteiger partial charge in [0.05, 0.1) is 16.5 Å². The molecule has 0 N–H and O–H groups in total. The molecule has 1 aliphatic heterocycles. The van der Waals surface area contributed by atoms with E-state index in [1.54, 1.807) is 0 Å². The third-order valence-electron chi connectivity index (χ3n) is 11.3. The van der Waals surface area contributed by atoms with E-state index in [9.17, 15) is 0 Å². The largest absolute Gasteiger partial charge is 0.343 e. The molecule has 3 nitrogen and oxygen atoms in total. The molecule has 6 aromatic rings. The number of benzene rings is 4. The van der Waals surface area contributed by atoms with Crippen LogP contribution in [0.3, 0.4) is 0 Å². The van der Waals surface area contributed by atoms with Gasteiger partial charge in [-0.3, -0.25) is 0 Å². The van der Waals surface area contributed by atoms with Crippen molar-refractivity contribution in [2.45, 2.75) is 91.0 Å². The lowest BCUT2D eigenvalue weighted by Gasteiger charge is -2.47. The molecule has 0 amide bonds. The highest BCUT2D eigenvalue weighted by molar-refractivity contribution is 6.14. The van der Waals surface area contributed by atoms with Crippen molar-refractivity contribution in [3.63, 3.8) is 0 Å². The summed E-state index contributed by atoms with van der Waals surface area (Å²) >= 11 is 0. The molecule has 7 rings (SSSR count). The highest BCUT2D eigenvalue weighted by Gasteiger charge is 2.56. The van der Waals surface area contributed by atoms with Crippen LogP contribution >= 0.6 is 0 Å². The lowest BCUT2D eigenvalue weighted by Crippen LogP contribution is -2.67. The van der Waals surface area contributed by atoms with Gasteiger partial charge in [0, 0.05) is 28.9 Å². The predicted octanol–water partition coefficient (Wildman–Crippen LogP) is 10.3. The zero-order valence-electron chi connectivity index (χ0n) is 27.4. The maximum Gasteiger partial charge on any atom is 0.295 e. The van der Waals surface area contributed by atoms with Gasteiger partial charge in [-0.15, -0.1) is 0 Å². The van der Waals surface area contributed by atoms with Crippen LogP contribution < -0.4 is 4.57 Å². The molecule has 1 aliphatic rings. The Kier molecular flexibility index (Phi) is 6.22. The van der Waals surface area contributed by atoms with Gasteiger partial charge in [0.15, 0.2) is 11.0 Å². The Hall–Kier alpha value is -3.85. The summed E-state index contributed by atoms with van der Waals surface area (Å²) < 4.78 is 7.83. The van der Waals surface area contributed by atoms with E-state index < -0.39 is 0 Å². The third kappa shape index (κ3) is 3.45. The Morgan fingerprint density at radius 1 is 0.744 bits per heavy atom. The fourth-order valence-electron chi connectivity index (χ4n) is 8.49. The van der Waals surface area contributed by atoms with Crippen LogP contribution in [-0.4, -0.2) is 9.13 Å². The summed E-state index contributed by atoms with van der Waals surface area (Å²) in [7, 11) is 2.25. The van der Waals surface area contributed by atoms with Crippen molar-refractivity contribution in [2.75, 3.05) is 0 Å². The summed E-state index contributed by atoms with van der Waals surface area (Å²) in [6.45, 7) is 19.2. The minimum Gasteiger partial charge on any atom is -0.343 e. The van der Waals surface area contributed by atoms with Crippen LogP contribution in [0.1, 0.15) is 96.8 Å². The van der Waals surface area contributed by atoms with Crippen LogP contribution in [-0.2, 0) is 18.0 Å². The van der Waals surface area contributed by atoms with Gasteiger partial charge in [-0.05, 0) is 73.1 Å². The molecular weight excluding hydrogens is 522 g/mol. The third-order valence-corrected chi connectivity index (χ3v) is 11.3. The Labute approximate surface area is 256 Å². The lowest BCUT2D eigenvalue weighted by atomic mass is 9.61. The highest BCUT2D eigenvalue weighted by Crippen LogP contribution is 2.52. The first-order valence-electron chi connectivity index (χ1n) is 16.3. The first-order valence-corrected chi connectivity index (χ1v) is 16.3. The molecule has 2 aromatic heterocycles. The number of aryl methyl sites for hydroxylation is 1. The number of imidazole rings is 1. The van der Waals surface area contributed by atoms with Crippen molar-refractivity contribution in [3.05, 3.63) is 95.6 Å². The molecule has 3 heteroatoms. The topological polar surface area (TPSA) is 13.7 Å². The smallest absolute Gasteiger partial charge is 0.295 e. The van der Waals surface area contributed by atoms with Crippen molar-refractivity contribution in [3.8, 4) is 17.1 Å². The SMILES string of the molecule is CCC1(C)c2ccccc2-c2n(-c3c(C(C)C)cc(C(C)C)c4c3c3ccccc3n4C)c3ccccc3[n+]2C1(C)CC. The highest BCUT2D eigenvalue weighted by atomic mass is 15.2. The van der Waals surface area contributed by atoms with Crippen LogP contribution in [0.15, 0.2) is 78.9 Å². The van der Waals surface area contributed by atoms with Crippen molar-refractivity contribution < 1.29 is 4.57 Å². The molecule has 0 aliphatic carbocycles. The Morgan fingerprint density at radius 3 is 2.05 bits per heavy atom. The summed E-state index contributed by atoms with van der Waals surface area (Å²) in [5, 5.41) is 2.70. The molecule has 220 valence electrons. The van der Waals surface area contributed by atoms with Gasteiger partial charge in [0.25, 0.3) is 5.82 Å². The average Bonchev–Trinajstić information content (AvgIpc) is 3.52. The second kappa shape index (κ2) is 9.58. The number of hydrogen-bond acceptors (Lipinski definition) is 0. The number of nitrogens with zero attached hydrogens (tertiary/aromatic N) is 3. The fourth-order valence-corrected chi connectivity index (χ4v) is 8.49. The molecule has 3 heterocycles. The molecule has 2 atom stereocenters. The van der Waals surface area contributed by atoms with Crippen LogP contribution in [0.4, 0.5) is 0 Å². The quantitative estimate of drug-likeness (QED) is 0.184. The van der Waals surface area contributed by atoms with Gasteiger partial charge in [0.1, 0.15) is 11.2 Å². The van der Waals surface area contributed by atoms with Crippen LogP contribution in [0.2, 0.25) is 0 Å². The van der Waals surface area contributed by atoms with E-state index in [0.717, 1.165) is 12.8 Å². The van der Waals surface area contributed by atoms with E-state index in [1.165, 1.54) is 66.6 Å². The van der Waals surface area contributed by atoms with E-state index in [2.05, 4.69) is 155 Å². The molecule has 0 bridgehead atoms. The number of para-hydroxylation sites is 3. The molecule has 2 unspecified atom stereocenters. The van der Waals surface area contributed by atoms with Crippen LogP contribution in [0, 0.1) is 0 Å². The number of fused-ring (bicyclic) bond motifs is 8. The Morgan fingerprint density at radius 2 is 1.37 bits per heavy atom. The van der Waals surface area contributed by atoms with Gasteiger partial charge in [0.2, 0.25) is 0 Å². The molecule has 0 saturated heterocycles. The van der Waals surface area contributed by atoms with E-state index in [4.69, 9.17) is 0 Å². The van der Waals surface area contributed by atoms with Gasteiger partial charge in [-0.1, -0.05) is 97.0 Å². The monoisotopic (exact) mass is 568 g/mol. The van der Waals surface area contributed by atoms with E-state index in [0.29, 0.717) is 11.8 Å². The molecule has 43 heavy (non-hydrogen) atoms. The van der Waals surface area contributed by atoms with Gasteiger partial charge in [-0.2, -0.15) is 4.57 Å². The Balaban J connectivity index is 1.79. The second-order valence-electron chi connectivity index (χ2n) is 13.9. The van der Waals surface area contributed by atoms with E-state index in [1.807, 2.05) is 0 Å². The normalized spacial score (nSPS) is 20.1. The van der Waals surface area contributed by atoms with Gasteiger partial charge < -0.3 is 4.57 Å². The maximum atomic E-state index is 2.73. The van der Waals surface area contributed by atoms with Crippen LogP contribution in [0.25, 0.3) is 49.9 Å². The zero-order chi connectivity index (χ0) is 30.4. The average molecular weight is 569 g/mol. The fraction of sp³-hybridized carbons (Fsp3) is 0.375. The minimum atomic E-state index is -0.107. The first-order chi connectivity index (χ1) is 20.6. The molecule has 4 aromatic carbocycles. The molecule has 0 spiro atoms. The summed E-state index contributed by atoms with van der Waals surface area (Å²) in [6, 6.07) is 29.9. The standard InChI is InChI=1S/C40H46N3/c1-10-39(7)31-20-14-12-18-27(31)38-42(33-22-16-17-23-34(33)43(38)40(39,8)11-2)37-30(26(5)6)24-29(25(3)4)36-35(37)28-19-13-15-21-32(28)41(36)9/h12-26H,10-11H2,1-9H3/q+1. The van der Waals surface area contributed by atoms with Crippen molar-refractivity contribution in [2.24, 2.45) is 7.05 Å². The second-order valence-corrected chi connectivity index (χ2v) is 13.9. The summed E-state index contributed by atoms with van der Waals surface area (Å²) in [6.07, 6.45) is 2.12. The van der Waals surface area contributed by atoms with E-state index in [-0.39, 0.29) is 11.0 Å². The maximum absolute atomic E-state index is 2.73. The molecule has 0 saturated carbocycles. The van der Waals surface area contributed by atoms with Crippen molar-refractivity contribution >= 4 is 32.8 Å². The number of aromatic nitrogens is 3. The summed E-state index contributed by atoms with van der Waals surface area (Å²) in [5.74, 6) is 2.08. The van der Waals surface area contributed by atoms with Gasteiger partial charge in [-0.25, -0.2) is 4.57 Å². The van der Waals surface area contributed by atoms with Gasteiger partial charge >= 0.3 is 0 Å². The molecular formula is C40H46N3+. The summed E-state index contributed by atoms with van der Waals surface area (Å²) in [5.41, 5.74) is 12.1. The number of hydrogen-bond donors (Lipinski definition) is 0. The zero-order valence-corrected chi connectivity index (χ0v) is 27.4. The van der Waals surface area contributed by atoms with Crippen LogP contribution in [0.5, 0.6) is 0 Å². The van der Waals surface area contributed by atoms with Crippen molar-refractivity contribution in [1.29, 1.82) is 0 Å². The summed E-state index contributed by atoms with van der Waals surface area (Å²) in [4.78, 5) is 0. The Bertz CT molecular complexity index is 2050. The minimum absolute atomic E-state index is 0.0118. The molecule has 0 radical (unpaired) electrons. The predicted molar refractivity (Wildman–Crippen MR) is 183 cm³/mol. The number of rotatable bonds is 5.